The van der Waals surface area contributed by atoms with Crippen molar-refractivity contribution < 1.29 is 15.0 Å². The first kappa shape index (κ1) is 27.8. The van der Waals surface area contributed by atoms with E-state index in [1.54, 1.807) is 24.4 Å². The van der Waals surface area contributed by atoms with Gasteiger partial charge >= 0.3 is 0 Å². The van der Waals surface area contributed by atoms with Crippen molar-refractivity contribution in [2.75, 3.05) is 44.2 Å². The Labute approximate surface area is 239 Å². The molecule has 2 saturated heterocycles. The molecule has 1 aromatic heterocycles. The minimum absolute atomic E-state index is 0. The molecule has 3 aromatic rings. The van der Waals surface area contributed by atoms with Gasteiger partial charge in [-0.15, -0.1) is 0 Å². The van der Waals surface area contributed by atoms with Gasteiger partial charge < -0.3 is 10.2 Å². The molecule has 2 aliphatic rings. The lowest BCUT2D eigenvalue weighted by molar-refractivity contribution is 0.0950. The molecular weight excluding hydrogens is 543 g/mol. The molecular formula is C29H33Cl2F2N5O. The number of carbonyl (C=O) groups excluding carboxylic acids is 1. The van der Waals surface area contributed by atoms with E-state index < -0.39 is 11.6 Å². The third kappa shape index (κ3) is 7.06. The van der Waals surface area contributed by atoms with Gasteiger partial charge in [-0.3, -0.25) is 14.6 Å². The molecule has 6 nitrogen and oxygen atoms in total. The Balaban J connectivity index is 0.00000370. The highest BCUT2D eigenvalue weighted by atomic mass is 35.5. The van der Waals surface area contributed by atoms with Crippen LogP contribution in [0.2, 0.25) is 10.0 Å². The van der Waals surface area contributed by atoms with Gasteiger partial charge in [0.15, 0.2) is 11.6 Å². The number of carbonyl (C=O) groups is 1. The predicted octanol–water partition coefficient (Wildman–Crippen LogP) is 5.63. The summed E-state index contributed by atoms with van der Waals surface area (Å²) in [4.78, 5) is 24.1. The number of rotatable bonds is 7. The molecule has 0 unspecified atom stereocenters. The van der Waals surface area contributed by atoms with Crippen LogP contribution in [0.4, 0.5) is 14.6 Å². The fourth-order valence-electron chi connectivity index (χ4n) is 5.36. The van der Waals surface area contributed by atoms with Crippen molar-refractivity contribution in [3.05, 3.63) is 93.1 Å². The number of likely N-dealkylation sites (tertiary alicyclic amines) is 1. The van der Waals surface area contributed by atoms with Crippen molar-refractivity contribution in [3.8, 4) is 0 Å². The van der Waals surface area contributed by atoms with E-state index in [1.807, 2.05) is 18.2 Å². The SMILES string of the molecule is O=C(NCc1cccc(Cl)c1)c1cnc(N2CCN(C3CCN(Cc4ccc(F)c(F)c4)CC3)CC2)c(Cl)c1.[HH]. The maximum atomic E-state index is 13.5. The molecule has 1 N–H and O–H groups in total. The number of benzene rings is 2. The molecule has 5 rings (SSSR count). The smallest absolute Gasteiger partial charge is 0.253 e. The van der Waals surface area contributed by atoms with Gasteiger partial charge in [-0.2, -0.15) is 0 Å². The van der Waals surface area contributed by atoms with Crippen LogP contribution in [0, 0.1) is 11.6 Å². The molecule has 2 fully saturated rings. The molecule has 2 aromatic carbocycles. The van der Waals surface area contributed by atoms with Crippen LogP contribution in [0.15, 0.2) is 54.7 Å². The Morgan fingerprint density at radius 1 is 0.949 bits per heavy atom. The number of hydrogen-bond acceptors (Lipinski definition) is 5. The average Bonchev–Trinajstić information content (AvgIpc) is 2.94. The summed E-state index contributed by atoms with van der Waals surface area (Å²) in [6.07, 6.45) is 3.66. The standard InChI is InChI=1S/C29H31Cl2F2N5O.H2/c30-23-3-1-2-20(14-23)17-35-29(39)22-16-25(31)28(34-18-22)38-12-10-37(11-13-38)24-6-8-36(9-7-24)19-21-4-5-26(32)27(33)15-21;/h1-5,14-16,18,24H,6-13,17,19H2,(H,35,39);1H. The van der Waals surface area contributed by atoms with Crippen molar-refractivity contribution in [2.24, 2.45) is 0 Å². The van der Waals surface area contributed by atoms with Crippen LogP contribution >= 0.6 is 23.2 Å². The number of halogens is 4. The van der Waals surface area contributed by atoms with Gasteiger partial charge in [0.1, 0.15) is 5.82 Å². The second kappa shape index (κ2) is 12.6. The summed E-state index contributed by atoms with van der Waals surface area (Å²) in [6, 6.07) is 13.7. The number of piperidine rings is 1. The van der Waals surface area contributed by atoms with Gasteiger partial charge in [-0.05, 0) is 67.4 Å². The van der Waals surface area contributed by atoms with E-state index in [0.29, 0.717) is 40.6 Å². The monoisotopic (exact) mass is 575 g/mol. The van der Waals surface area contributed by atoms with Crippen LogP contribution < -0.4 is 10.2 Å². The molecule has 39 heavy (non-hydrogen) atoms. The number of nitrogens with one attached hydrogen (secondary N) is 1. The Morgan fingerprint density at radius 3 is 2.41 bits per heavy atom. The van der Waals surface area contributed by atoms with E-state index in [2.05, 4.69) is 25.0 Å². The highest BCUT2D eigenvalue weighted by Crippen LogP contribution is 2.27. The zero-order valence-corrected chi connectivity index (χ0v) is 23.1. The Kier molecular flexibility index (Phi) is 8.97. The second-order valence-electron chi connectivity index (χ2n) is 10.1. The lowest BCUT2D eigenvalue weighted by Crippen LogP contribution is -2.53. The van der Waals surface area contributed by atoms with Crippen LogP contribution in [0.25, 0.3) is 0 Å². The first-order valence-corrected chi connectivity index (χ1v) is 13.9. The number of pyridine rings is 1. The highest BCUT2D eigenvalue weighted by molar-refractivity contribution is 6.33. The Morgan fingerprint density at radius 2 is 1.72 bits per heavy atom. The lowest BCUT2D eigenvalue weighted by Gasteiger charge is -2.43. The fourth-order valence-corrected chi connectivity index (χ4v) is 5.86. The van der Waals surface area contributed by atoms with E-state index in [9.17, 15) is 13.6 Å². The lowest BCUT2D eigenvalue weighted by atomic mass is 10.0. The molecule has 0 saturated carbocycles. The topological polar surface area (TPSA) is 51.7 Å². The molecule has 0 atom stereocenters. The van der Waals surface area contributed by atoms with Crippen molar-refractivity contribution in [2.45, 2.75) is 32.0 Å². The van der Waals surface area contributed by atoms with Gasteiger partial charge in [0.2, 0.25) is 0 Å². The van der Waals surface area contributed by atoms with Crippen LogP contribution in [-0.2, 0) is 13.1 Å². The van der Waals surface area contributed by atoms with E-state index >= 15 is 0 Å². The minimum atomic E-state index is -0.806. The third-order valence-corrected chi connectivity index (χ3v) is 8.02. The van der Waals surface area contributed by atoms with Crippen molar-refractivity contribution in [1.29, 1.82) is 0 Å². The summed E-state index contributed by atoms with van der Waals surface area (Å²) in [6.45, 7) is 6.29. The summed E-state index contributed by atoms with van der Waals surface area (Å²) in [7, 11) is 0. The second-order valence-corrected chi connectivity index (χ2v) is 11.0. The van der Waals surface area contributed by atoms with Crippen LogP contribution in [-0.4, -0.2) is 66.0 Å². The molecule has 10 heteroatoms. The molecule has 0 bridgehead atoms. The number of anilines is 1. The quantitative estimate of drug-likeness (QED) is 0.395. The maximum absolute atomic E-state index is 13.5. The Hall–Kier alpha value is -2.78. The first-order valence-electron chi connectivity index (χ1n) is 13.2. The van der Waals surface area contributed by atoms with Gasteiger partial charge in [0, 0.05) is 58.0 Å². The summed E-state index contributed by atoms with van der Waals surface area (Å²) in [5, 5.41) is 3.97. The molecule has 2 aliphatic heterocycles. The number of aromatic nitrogens is 1. The van der Waals surface area contributed by atoms with E-state index in [1.165, 1.54) is 12.1 Å². The number of amides is 1. The maximum Gasteiger partial charge on any atom is 0.253 e. The average molecular weight is 577 g/mol. The van der Waals surface area contributed by atoms with Gasteiger partial charge in [0.05, 0.1) is 10.6 Å². The van der Waals surface area contributed by atoms with Crippen LogP contribution in [0.1, 0.15) is 35.8 Å². The Bertz CT molecular complexity index is 1320. The molecule has 208 valence electrons. The van der Waals surface area contributed by atoms with Crippen LogP contribution in [0.5, 0.6) is 0 Å². The molecule has 1 amide bonds. The zero-order valence-electron chi connectivity index (χ0n) is 21.6. The summed E-state index contributed by atoms with van der Waals surface area (Å²) in [5.41, 5.74) is 2.13. The number of nitrogens with zero attached hydrogens (tertiary/aromatic N) is 4. The molecule has 3 heterocycles. The number of piperazine rings is 1. The van der Waals surface area contributed by atoms with Gasteiger partial charge in [-0.25, -0.2) is 13.8 Å². The summed E-state index contributed by atoms with van der Waals surface area (Å²) in [5.74, 6) is -1.14. The van der Waals surface area contributed by atoms with Gasteiger partial charge in [0.25, 0.3) is 5.91 Å². The van der Waals surface area contributed by atoms with Crippen molar-refractivity contribution in [1.82, 2.24) is 20.1 Å². The van der Waals surface area contributed by atoms with E-state index in [0.717, 1.165) is 63.2 Å². The van der Waals surface area contributed by atoms with Crippen LogP contribution in [0.3, 0.4) is 0 Å². The van der Waals surface area contributed by atoms with E-state index in [4.69, 9.17) is 23.2 Å². The normalized spacial score (nSPS) is 17.4. The molecule has 0 spiro atoms. The van der Waals surface area contributed by atoms with Crippen molar-refractivity contribution >= 4 is 34.9 Å². The molecule has 0 radical (unpaired) electrons. The largest absolute Gasteiger partial charge is 0.353 e. The minimum Gasteiger partial charge on any atom is -0.353 e. The van der Waals surface area contributed by atoms with Gasteiger partial charge in [-0.1, -0.05) is 41.4 Å². The summed E-state index contributed by atoms with van der Waals surface area (Å²) >= 11 is 12.6. The third-order valence-electron chi connectivity index (χ3n) is 7.50. The predicted molar refractivity (Wildman–Crippen MR) is 152 cm³/mol. The molecule has 0 aliphatic carbocycles. The van der Waals surface area contributed by atoms with E-state index in [-0.39, 0.29) is 7.33 Å². The summed E-state index contributed by atoms with van der Waals surface area (Å²) < 4.78 is 26.7. The first-order chi connectivity index (χ1) is 18.9. The fraction of sp³-hybridized carbons (Fsp3) is 0.379. The zero-order chi connectivity index (χ0) is 27.4. The highest BCUT2D eigenvalue weighted by Gasteiger charge is 2.28. The number of hydrogen-bond donors (Lipinski definition) is 1. The van der Waals surface area contributed by atoms with Crippen molar-refractivity contribution in [3.63, 3.8) is 0 Å².